The number of rotatable bonds is 7. The first-order valence-corrected chi connectivity index (χ1v) is 6.75. The van der Waals surface area contributed by atoms with Crippen LogP contribution < -0.4 is 5.32 Å². The first-order chi connectivity index (χ1) is 8.50. The number of hydrogen-bond acceptors (Lipinski definition) is 4. The van der Waals surface area contributed by atoms with Gasteiger partial charge in [0.25, 0.3) is 0 Å². The van der Waals surface area contributed by atoms with Crippen molar-refractivity contribution in [3.05, 3.63) is 23.8 Å². The molecule has 0 aliphatic heterocycles. The second-order valence-electron chi connectivity index (χ2n) is 5.20. The van der Waals surface area contributed by atoms with Gasteiger partial charge in [0.05, 0.1) is 5.69 Å². The largest absolute Gasteiger partial charge is 0.310 e. The lowest BCUT2D eigenvalue weighted by atomic mass is 10.2. The number of nitrogens with zero attached hydrogens (tertiary/aromatic N) is 3. The SMILES string of the molecule is Cc1nccc(CNCCN(C(C)C)C(C)C)n1. The van der Waals surface area contributed by atoms with E-state index >= 15 is 0 Å². The van der Waals surface area contributed by atoms with Gasteiger partial charge in [0, 0.05) is 37.9 Å². The molecule has 0 saturated heterocycles. The quantitative estimate of drug-likeness (QED) is 0.751. The molecule has 0 atom stereocenters. The van der Waals surface area contributed by atoms with Crippen LogP contribution in [-0.2, 0) is 6.54 Å². The Balaban J connectivity index is 2.30. The van der Waals surface area contributed by atoms with Gasteiger partial charge in [-0.1, -0.05) is 0 Å². The minimum atomic E-state index is 0.591. The van der Waals surface area contributed by atoms with Gasteiger partial charge in [0.15, 0.2) is 0 Å². The van der Waals surface area contributed by atoms with E-state index in [1.54, 1.807) is 0 Å². The van der Waals surface area contributed by atoms with Gasteiger partial charge in [-0.05, 0) is 40.7 Å². The molecule has 4 heteroatoms. The highest BCUT2D eigenvalue weighted by molar-refractivity contribution is 5.00. The molecule has 0 unspecified atom stereocenters. The zero-order valence-corrected chi connectivity index (χ0v) is 12.3. The molecular formula is C14H26N4. The average Bonchev–Trinajstić information content (AvgIpc) is 2.27. The fraction of sp³-hybridized carbons (Fsp3) is 0.714. The van der Waals surface area contributed by atoms with Gasteiger partial charge in [-0.2, -0.15) is 0 Å². The lowest BCUT2D eigenvalue weighted by Gasteiger charge is -2.30. The molecule has 1 rings (SSSR count). The van der Waals surface area contributed by atoms with E-state index in [1.165, 1.54) is 0 Å². The van der Waals surface area contributed by atoms with E-state index in [2.05, 4.69) is 47.9 Å². The van der Waals surface area contributed by atoms with Crippen LogP contribution in [0.4, 0.5) is 0 Å². The van der Waals surface area contributed by atoms with Crippen LogP contribution >= 0.6 is 0 Å². The normalized spacial score (nSPS) is 11.8. The topological polar surface area (TPSA) is 41.1 Å². The van der Waals surface area contributed by atoms with E-state index in [0.717, 1.165) is 31.2 Å². The van der Waals surface area contributed by atoms with Crippen LogP contribution in [0.2, 0.25) is 0 Å². The molecule has 0 bridgehead atoms. The van der Waals surface area contributed by atoms with Crippen LogP contribution in [0.25, 0.3) is 0 Å². The van der Waals surface area contributed by atoms with E-state index in [-0.39, 0.29) is 0 Å². The molecule has 0 aromatic carbocycles. The average molecular weight is 250 g/mol. The van der Waals surface area contributed by atoms with Crippen LogP contribution in [-0.4, -0.2) is 40.0 Å². The fourth-order valence-corrected chi connectivity index (χ4v) is 2.14. The summed E-state index contributed by atoms with van der Waals surface area (Å²) < 4.78 is 0. The molecule has 0 fully saturated rings. The molecule has 1 aromatic rings. The van der Waals surface area contributed by atoms with Crippen molar-refractivity contribution in [2.75, 3.05) is 13.1 Å². The molecule has 18 heavy (non-hydrogen) atoms. The zero-order chi connectivity index (χ0) is 13.5. The Hall–Kier alpha value is -1.00. The number of nitrogens with one attached hydrogen (secondary N) is 1. The number of aromatic nitrogens is 2. The maximum atomic E-state index is 4.37. The summed E-state index contributed by atoms with van der Waals surface area (Å²) >= 11 is 0. The Morgan fingerprint density at radius 1 is 1.22 bits per heavy atom. The Labute approximate surface area is 111 Å². The minimum absolute atomic E-state index is 0.591. The highest BCUT2D eigenvalue weighted by Crippen LogP contribution is 2.03. The molecule has 1 heterocycles. The van der Waals surface area contributed by atoms with Gasteiger partial charge in [-0.3, -0.25) is 4.90 Å². The monoisotopic (exact) mass is 250 g/mol. The second kappa shape index (κ2) is 7.44. The van der Waals surface area contributed by atoms with E-state index < -0.39 is 0 Å². The molecule has 0 saturated carbocycles. The summed E-state index contributed by atoms with van der Waals surface area (Å²) in [6.07, 6.45) is 1.81. The molecule has 0 spiro atoms. The third kappa shape index (κ3) is 5.10. The first-order valence-electron chi connectivity index (χ1n) is 6.75. The summed E-state index contributed by atoms with van der Waals surface area (Å²) in [4.78, 5) is 11.0. The first kappa shape index (κ1) is 15.1. The Bertz CT molecular complexity index is 341. The van der Waals surface area contributed by atoms with Crippen LogP contribution in [0, 0.1) is 6.92 Å². The third-order valence-corrected chi connectivity index (χ3v) is 3.01. The standard InChI is InChI=1S/C14H26N4/c1-11(2)18(12(3)4)9-8-15-10-14-6-7-16-13(5)17-14/h6-7,11-12,15H,8-10H2,1-5H3. The van der Waals surface area contributed by atoms with Crippen LogP contribution in [0.15, 0.2) is 12.3 Å². The smallest absolute Gasteiger partial charge is 0.125 e. The summed E-state index contributed by atoms with van der Waals surface area (Å²) in [6.45, 7) is 13.8. The summed E-state index contributed by atoms with van der Waals surface area (Å²) in [5.74, 6) is 0.834. The molecule has 1 aromatic heterocycles. The summed E-state index contributed by atoms with van der Waals surface area (Å²) in [6, 6.07) is 3.14. The predicted molar refractivity (Wildman–Crippen MR) is 75.5 cm³/mol. The lowest BCUT2D eigenvalue weighted by Crippen LogP contribution is -2.41. The third-order valence-electron chi connectivity index (χ3n) is 3.01. The molecule has 0 radical (unpaired) electrons. The van der Waals surface area contributed by atoms with Gasteiger partial charge in [-0.25, -0.2) is 9.97 Å². The summed E-state index contributed by atoms with van der Waals surface area (Å²) in [5, 5.41) is 3.44. The van der Waals surface area contributed by atoms with E-state index in [4.69, 9.17) is 0 Å². The molecule has 4 nitrogen and oxygen atoms in total. The number of hydrogen-bond donors (Lipinski definition) is 1. The van der Waals surface area contributed by atoms with Crippen LogP contribution in [0.1, 0.15) is 39.2 Å². The van der Waals surface area contributed by atoms with Crippen molar-refractivity contribution in [3.63, 3.8) is 0 Å². The van der Waals surface area contributed by atoms with Crippen LogP contribution in [0.3, 0.4) is 0 Å². The summed E-state index contributed by atoms with van der Waals surface area (Å²) in [7, 11) is 0. The molecule has 0 aliphatic rings. The van der Waals surface area contributed by atoms with Gasteiger partial charge >= 0.3 is 0 Å². The predicted octanol–water partition coefficient (Wildman–Crippen LogP) is 1.99. The Kier molecular flexibility index (Phi) is 6.22. The van der Waals surface area contributed by atoms with Gasteiger partial charge in [0.1, 0.15) is 5.82 Å². The van der Waals surface area contributed by atoms with Crippen molar-refractivity contribution in [2.45, 2.75) is 53.2 Å². The van der Waals surface area contributed by atoms with Crippen molar-refractivity contribution < 1.29 is 0 Å². The van der Waals surface area contributed by atoms with E-state index in [0.29, 0.717) is 12.1 Å². The Morgan fingerprint density at radius 3 is 2.44 bits per heavy atom. The van der Waals surface area contributed by atoms with Crippen molar-refractivity contribution in [3.8, 4) is 0 Å². The van der Waals surface area contributed by atoms with Crippen molar-refractivity contribution in [1.82, 2.24) is 20.2 Å². The fourth-order valence-electron chi connectivity index (χ4n) is 2.14. The van der Waals surface area contributed by atoms with Gasteiger partial charge in [-0.15, -0.1) is 0 Å². The van der Waals surface area contributed by atoms with Gasteiger partial charge < -0.3 is 5.32 Å². The van der Waals surface area contributed by atoms with Crippen molar-refractivity contribution in [2.24, 2.45) is 0 Å². The molecule has 1 N–H and O–H groups in total. The minimum Gasteiger partial charge on any atom is -0.310 e. The Morgan fingerprint density at radius 2 is 1.89 bits per heavy atom. The molecule has 0 aliphatic carbocycles. The molecule has 0 amide bonds. The second-order valence-corrected chi connectivity index (χ2v) is 5.20. The lowest BCUT2D eigenvalue weighted by molar-refractivity contribution is 0.175. The van der Waals surface area contributed by atoms with Gasteiger partial charge in [0.2, 0.25) is 0 Å². The zero-order valence-electron chi connectivity index (χ0n) is 12.3. The van der Waals surface area contributed by atoms with E-state index in [1.807, 2.05) is 19.2 Å². The highest BCUT2D eigenvalue weighted by Gasteiger charge is 2.11. The maximum absolute atomic E-state index is 4.37. The maximum Gasteiger partial charge on any atom is 0.125 e. The highest BCUT2D eigenvalue weighted by atomic mass is 15.2. The summed E-state index contributed by atoms with van der Waals surface area (Å²) in [5.41, 5.74) is 1.06. The number of aryl methyl sites for hydroxylation is 1. The van der Waals surface area contributed by atoms with E-state index in [9.17, 15) is 0 Å². The molecule has 102 valence electrons. The van der Waals surface area contributed by atoms with Crippen molar-refractivity contribution in [1.29, 1.82) is 0 Å². The molecular weight excluding hydrogens is 224 g/mol. The van der Waals surface area contributed by atoms with Crippen molar-refractivity contribution >= 4 is 0 Å². The van der Waals surface area contributed by atoms with Crippen LogP contribution in [0.5, 0.6) is 0 Å².